The normalized spacial score (nSPS) is 12.0. The van der Waals surface area contributed by atoms with Crippen LogP contribution in [0.3, 0.4) is 0 Å². The van der Waals surface area contributed by atoms with E-state index in [1.807, 2.05) is 12.1 Å². The first kappa shape index (κ1) is 74.7. The van der Waals surface area contributed by atoms with Gasteiger partial charge < -0.3 is 34.2 Å². The number of amides is 1. The summed E-state index contributed by atoms with van der Waals surface area (Å²) in [6.07, 6.45) is 49.0. The fraction of sp³-hybridized carbons (Fsp3) is 0.471. The lowest BCUT2D eigenvalue weighted by Gasteiger charge is -2.10. The minimum atomic E-state index is -0.789. The summed E-state index contributed by atoms with van der Waals surface area (Å²) < 4.78 is 25.4. The van der Waals surface area contributed by atoms with Crippen molar-refractivity contribution in [3.8, 4) is 67.5 Å². The zero-order valence-electron chi connectivity index (χ0n) is 60.2. The number of aromatic amines is 2. The van der Waals surface area contributed by atoms with Crippen molar-refractivity contribution in [1.29, 1.82) is 0 Å². The molecule has 5 heterocycles. The van der Waals surface area contributed by atoms with Gasteiger partial charge in [0.2, 0.25) is 12.0 Å². The van der Waals surface area contributed by atoms with Crippen molar-refractivity contribution in [2.45, 2.75) is 233 Å². The van der Waals surface area contributed by atoms with Crippen molar-refractivity contribution in [1.82, 2.24) is 25.3 Å². The quantitative estimate of drug-likeness (QED) is 0.0194. The van der Waals surface area contributed by atoms with Crippen LogP contribution in [0.4, 0.5) is 0 Å². The van der Waals surface area contributed by atoms with Crippen LogP contribution in [-0.4, -0.2) is 70.9 Å². The third-order valence-corrected chi connectivity index (χ3v) is 19.1. The van der Waals surface area contributed by atoms with Crippen LogP contribution in [0.2, 0.25) is 0 Å². The van der Waals surface area contributed by atoms with Gasteiger partial charge in [-0.05, 0) is 152 Å². The molecule has 12 heteroatoms. The number of H-pyrrole nitrogens is 2. The molecule has 0 unspecified atom stereocenters. The molecule has 2 aliphatic heterocycles. The van der Waals surface area contributed by atoms with E-state index >= 15 is 0 Å². The lowest BCUT2D eigenvalue weighted by molar-refractivity contribution is -0.121. The molecule has 0 saturated carbocycles. The molecule has 8 bridgehead atoms. The van der Waals surface area contributed by atoms with Gasteiger partial charge in [0.25, 0.3) is 0 Å². The Hall–Kier alpha value is -8.47. The maximum atomic E-state index is 12.4. The number of aromatic nitrogens is 4. The lowest BCUT2D eigenvalue weighted by atomic mass is 10.0. The van der Waals surface area contributed by atoms with Crippen molar-refractivity contribution in [3.05, 3.63) is 144 Å². The summed E-state index contributed by atoms with van der Waals surface area (Å²) in [6.45, 7) is 11.2. The SMILES string of the molecule is CCCCCCCCCCCCOc1ccc(-c2c3nc(c(-c4ccc(OCCCCCCCCCCCC)cc4)c4ccc([nH]4)c(-c4ccc(OCCCNC(=O)[C@H](C)N=C=O)cc4)c4nc(c(-c5ccc(OCCCCCCCCCCCC)cc5)c5ccc2[nH]5)C=C4)C=C3)cc1. The molecule has 1 amide bonds. The number of hydrogen-bond donors (Lipinski definition) is 3. The average Bonchev–Trinajstić information content (AvgIpc) is 1.63. The van der Waals surface area contributed by atoms with Crippen LogP contribution in [0.1, 0.15) is 250 Å². The van der Waals surface area contributed by atoms with Crippen molar-refractivity contribution in [3.63, 3.8) is 0 Å². The predicted octanol–water partition coefficient (Wildman–Crippen LogP) is 23.8. The predicted molar refractivity (Wildman–Crippen MR) is 413 cm³/mol. The molecule has 3 aromatic heterocycles. The highest BCUT2D eigenvalue weighted by molar-refractivity contribution is 6.00. The zero-order chi connectivity index (χ0) is 68.9. The number of rotatable bonds is 47. The Kier molecular flexibility index (Phi) is 32.1. The van der Waals surface area contributed by atoms with Crippen LogP contribution in [0, 0.1) is 0 Å². The number of ether oxygens (including phenoxy) is 4. The summed E-state index contributed by atoms with van der Waals surface area (Å²) in [5.74, 6) is 2.93. The Labute approximate surface area is 591 Å². The molecule has 0 radical (unpaired) electrons. The van der Waals surface area contributed by atoms with Crippen molar-refractivity contribution < 1.29 is 28.5 Å². The number of benzene rings is 4. The maximum Gasteiger partial charge on any atom is 0.245 e. The largest absolute Gasteiger partial charge is 0.494 e. The van der Waals surface area contributed by atoms with Crippen LogP contribution >= 0.6 is 0 Å². The summed E-state index contributed by atoms with van der Waals surface area (Å²) in [6, 6.07) is 41.6. The number of carbonyl (C=O) groups is 1. The summed E-state index contributed by atoms with van der Waals surface area (Å²) in [5.41, 5.74) is 14.7. The molecule has 2 aliphatic rings. The van der Waals surface area contributed by atoms with Gasteiger partial charge in [-0.1, -0.05) is 243 Å². The number of aliphatic imine (C=N–C) groups is 1. The maximum absolute atomic E-state index is 12.4. The van der Waals surface area contributed by atoms with Crippen molar-refractivity contribution in [2.24, 2.45) is 4.99 Å². The topological polar surface area (TPSA) is 153 Å². The van der Waals surface area contributed by atoms with Gasteiger partial charge in [0, 0.05) is 50.9 Å². The standard InChI is InChI=1S/C87H112N6O6/c1-5-8-11-14-17-20-23-26-29-32-61-96-71-44-36-67(37-45-71)83-75-52-54-77(90-75)84(68-38-46-72(47-39-68)97-62-33-30-27-24-21-18-15-12-9-6-2)79-56-58-81(92-79)86(70-42-50-74(51-43-70)99-64-35-60-88-87(95)66(4)89-65-94)82-59-57-80(93-82)85(78-55-53-76(83)91-78)69-40-48-73(49-41-69)98-63-34-31-28-25-22-19-16-13-10-7-3/h36-59,66,90,93H,5-35,60-64H2,1-4H3,(H,88,95)/t66-/m0/s1. The molecule has 99 heavy (non-hydrogen) atoms. The molecule has 9 rings (SSSR count). The number of fused-ring (bicyclic) bond motifs is 8. The summed E-state index contributed by atoms with van der Waals surface area (Å²) in [7, 11) is 0. The van der Waals surface area contributed by atoms with E-state index < -0.39 is 6.04 Å². The molecular formula is C87H112N6O6. The van der Waals surface area contributed by atoms with Crippen LogP contribution in [-0.2, 0) is 9.59 Å². The Morgan fingerprint density at radius 1 is 0.364 bits per heavy atom. The van der Waals surface area contributed by atoms with E-state index in [-0.39, 0.29) is 5.91 Å². The number of carbonyl (C=O) groups excluding carboxylic acids is 2. The van der Waals surface area contributed by atoms with E-state index in [0.29, 0.717) is 45.1 Å². The van der Waals surface area contributed by atoms with E-state index in [2.05, 4.69) is 175 Å². The van der Waals surface area contributed by atoms with Gasteiger partial charge in [-0.15, -0.1) is 0 Å². The van der Waals surface area contributed by atoms with E-state index in [4.69, 9.17) is 28.9 Å². The monoisotopic (exact) mass is 1340 g/mol. The van der Waals surface area contributed by atoms with Gasteiger partial charge in [-0.3, -0.25) is 4.79 Å². The first-order valence-corrected chi connectivity index (χ1v) is 38.3. The molecule has 7 aromatic rings. The lowest BCUT2D eigenvalue weighted by Crippen LogP contribution is -2.32. The van der Waals surface area contributed by atoms with E-state index in [9.17, 15) is 9.59 Å². The fourth-order valence-electron chi connectivity index (χ4n) is 13.4. The smallest absolute Gasteiger partial charge is 0.245 e. The highest BCUT2D eigenvalue weighted by Crippen LogP contribution is 2.40. The second-order valence-corrected chi connectivity index (χ2v) is 27.1. The molecule has 0 fully saturated rings. The number of isocyanates is 1. The van der Waals surface area contributed by atoms with Gasteiger partial charge in [0.1, 0.15) is 29.0 Å². The number of nitrogens with zero attached hydrogens (tertiary/aromatic N) is 3. The highest BCUT2D eigenvalue weighted by atomic mass is 16.5. The number of unbranched alkanes of at least 4 members (excludes halogenated alkanes) is 27. The third kappa shape index (κ3) is 23.9. The Bertz CT molecular complexity index is 3750. The summed E-state index contributed by atoms with van der Waals surface area (Å²) in [5, 5.41) is 2.82. The van der Waals surface area contributed by atoms with Gasteiger partial charge in [0.15, 0.2) is 0 Å². The Morgan fingerprint density at radius 3 is 0.859 bits per heavy atom. The molecule has 1 atom stereocenters. The second-order valence-electron chi connectivity index (χ2n) is 27.1. The van der Waals surface area contributed by atoms with Gasteiger partial charge in [-0.2, -0.15) is 4.99 Å². The van der Waals surface area contributed by atoms with E-state index in [1.165, 1.54) is 179 Å². The fourth-order valence-corrected chi connectivity index (χ4v) is 13.4. The minimum Gasteiger partial charge on any atom is -0.494 e. The Balaban J connectivity index is 1.07. The second kappa shape index (κ2) is 42.5. The third-order valence-electron chi connectivity index (χ3n) is 19.1. The number of hydrogen-bond acceptors (Lipinski definition) is 9. The highest BCUT2D eigenvalue weighted by Gasteiger charge is 2.20. The van der Waals surface area contributed by atoms with Crippen molar-refractivity contribution in [2.75, 3.05) is 33.0 Å². The molecule has 0 spiro atoms. The molecular weight excluding hydrogens is 1220 g/mol. The number of nitrogens with one attached hydrogen (secondary N) is 3. The average molecular weight is 1340 g/mol. The van der Waals surface area contributed by atoms with E-state index in [1.54, 1.807) is 6.92 Å². The van der Waals surface area contributed by atoms with Gasteiger partial charge in [0.05, 0.1) is 49.2 Å². The molecule has 0 saturated heterocycles. The Morgan fingerprint density at radius 2 is 0.606 bits per heavy atom. The molecule has 526 valence electrons. The molecule has 4 aromatic carbocycles. The first-order valence-electron chi connectivity index (χ1n) is 38.3. The van der Waals surface area contributed by atoms with Crippen LogP contribution in [0.15, 0.2) is 126 Å². The summed E-state index contributed by atoms with van der Waals surface area (Å²) >= 11 is 0. The van der Waals surface area contributed by atoms with Crippen LogP contribution in [0.25, 0.3) is 90.9 Å². The molecule has 0 aliphatic carbocycles. The van der Waals surface area contributed by atoms with Crippen LogP contribution in [0.5, 0.6) is 23.0 Å². The molecule has 3 N–H and O–H groups in total. The van der Waals surface area contributed by atoms with Gasteiger partial charge in [-0.25, -0.2) is 14.8 Å². The zero-order valence-corrected chi connectivity index (χ0v) is 60.2. The minimum absolute atomic E-state index is 0.325. The van der Waals surface area contributed by atoms with Gasteiger partial charge >= 0.3 is 0 Å². The summed E-state index contributed by atoms with van der Waals surface area (Å²) in [4.78, 5) is 45.7. The van der Waals surface area contributed by atoms with Crippen LogP contribution < -0.4 is 24.3 Å². The van der Waals surface area contributed by atoms with Crippen molar-refractivity contribution >= 4 is 58.4 Å². The molecule has 12 nitrogen and oxygen atoms in total. The van der Waals surface area contributed by atoms with E-state index in [0.717, 1.165) is 126 Å². The first-order chi connectivity index (χ1) is 48.8.